The van der Waals surface area contributed by atoms with Crippen molar-refractivity contribution in [3.63, 3.8) is 0 Å². The Morgan fingerprint density at radius 1 is 1.10 bits per heavy atom. The van der Waals surface area contributed by atoms with Gasteiger partial charge >= 0.3 is 6.36 Å². The lowest BCUT2D eigenvalue weighted by atomic mass is 11.1. The molecule has 1 nitrogen and oxygen atoms in total. The van der Waals surface area contributed by atoms with Gasteiger partial charge in [0.2, 0.25) is 5.22 Å². The second kappa shape index (κ2) is 3.55. The largest absolute Gasteiger partial charge is 0.573 e. The van der Waals surface area contributed by atoms with Crippen molar-refractivity contribution in [1.29, 1.82) is 0 Å². The number of alkyl halides is 3. The van der Waals surface area contributed by atoms with Crippen LogP contribution >= 0.6 is 34.8 Å². The summed E-state index contributed by atoms with van der Waals surface area (Å²) in [4.78, 5) is 0. The molecule has 0 unspecified atom stereocenters. The zero-order valence-electron chi connectivity index (χ0n) is 4.18. The van der Waals surface area contributed by atoms with Gasteiger partial charge in [-0.1, -0.05) is 23.2 Å². The minimum Gasteiger partial charge on any atom is -0.392 e. The topological polar surface area (TPSA) is 9.23 Å². The Labute approximate surface area is 69.3 Å². The van der Waals surface area contributed by atoms with Crippen LogP contribution in [-0.4, -0.2) is 6.36 Å². The lowest BCUT2D eigenvalue weighted by Crippen LogP contribution is -2.10. The molecule has 0 aromatic heterocycles. The van der Waals surface area contributed by atoms with Gasteiger partial charge in [0.25, 0.3) is 0 Å². The monoisotopic (exact) mass is 214 g/mol. The van der Waals surface area contributed by atoms with Crippen LogP contribution in [0.15, 0.2) is 9.71 Å². The van der Waals surface area contributed by atoms with E-state index in [-0.39, 0.29) is 0 Å². The maximum atomic E-state index is 11.2. The second-order valence-electron chi connectivity index (χ2n) is 1.08. The Hall–Kier alpha value is 0.200. The minimum atomic E-state index is -4.86. The molecular weight excluding hydrogens is 215 g/mol. The third kappa shape index (κ3) is 5.02. The van der Waals surface area contributed by atoms with Crippen LogP contribution < -0.4 is 0 Å². The summed E-state index contributed by atoms with van der Waals surface area (Å²) in [7, 11) is 0. The fraction of sp³-hybridized carbons (Fsp3) is 0.333. The summed E-state index contributed by atoms with van der Waals surface area (Å²) in [6.07, 6.45) is -4.86. The Balaban J connectivity index is 4.06. The maximum absolute atomic E-state index is 11.2. The Kier molecular flexibility index (Phi) is 3.62. The van der Waals surface area contributed by atoms with E-state index < -0.39 is 16.1 Å². The summed E-state index contributed by atoms with van der Waals surface area (Å²) in [5, 5.41) is -1.09. The quantitative estimate of drug-likeness (QED) is 0.609. The number of hydrogen-bond donors (Lipinski definition) is 0. The predicted octanol–water partition coefficient (Wildman–Crippen LogP) is 3.37. The summed E-state index contributed by atoms with van der Waals surface area (Å²) < 4.78 is 35.9. The van der Waals surface area contributed by atoms with Crippen molar-refractivity contribution in [2.75, 3.05) is 0 Å². The second-order valence-corrected chi connectivity index (χ2v) is 2.37. The molecule has 0 aliphatic heterocycles. The number of ether oxygens (including phenoxy) is 1. The van der Waals surface area contributed by atoms with E-state index >= 15 is 0 Å². The summed E-state index contributed by atoms with van der Waals surface area (Å²) in [5.41, 5.74) is 0. The highest BCUT2D eigenvalue weighted by Gasteiger charge is 2.32. The molecule has 0 saturated heterocycles. The van der Waals surface area contributed by atoms with Gasteiger partial charge in [0.05, 0.1) is 0 Å². The molecule has 0 saturated carbocycles. The molecule has 7 heteroatoms. The van der Waals surface area contributed by atoms with Crippen molar-refractivity contribution in [1.82, 2.24) is 0 Å². The summed E-state index contributed by atoms with van der Waals surface area (Å²) in [6.45, 7) is 0. The van der Waals surface area contributed by atoms with Gasteiger partial charge < -0.3 is 4.74 Å². The highest BCUT2D eigenvalue weighted by Crippen LogP contribution is 2.27. The van der Waals surface area contributed by atoms with E-state index in [4.69, 9.17) is 34.8 Å². The van der Waals surface area contributed by atoms with Gasteiger partial charge in [-0.2, -0.15) is 0 Å². The van der Waals surface area contributed by atoms with Crippen molar-refractivity contribution in [2.24, 2.45) is 0 Å². The molecule has 0 amide bonds. The number of hydrogen-bond acceptors (Lipinski definition) is 1. The molecule has 0 heterocycles. The molecule has 0 fully saturated rings. The van der Waals surface area contributed by atoms with E-state index in [0.29, 0.717) is 0 Å². The smallest absolute Gasteiger partial charge is 0.392 e. The van der Waals surface area contributed by atoms with Crippen molar-refractivity contribution < 1.29 is 17.9 Å². The van der Waals surface area contributed by atoms with Crippen LogP contribution in [0.5, 0.6) is 0 Å². The van der Waals surface area contributed by atoms with Crippen LogP contribution in [-0.2, 0) is 4.74 Å². The molecule has 0 aromatic carbocycles. The molecule has 0 N–H and O–H groups in total. The SMILES string of the molecule is FC(F)(F)OC(Cl)=C(Cl)Cl. The Morgan fingerprint density at radius 3 is 1.60 bits per heavy atom. The van der Waals surface area contributed by atoms with Gasteiger partial charge in [0.15, 0.2) is 4.49 Å². The van der Waals surface area contributed by atoms with Gasteiger partial charge in [-0.3, -0.25) is 0 Å². The van der Waals surface area contributed by atoms with Crippen LogP contribution in [0.1, 0.15) is 0 Å². The van der Waals surface area contributed by atoms with Crippen LogP contribution in [0.25, 0.3) is 0 Å². The van der Waals surface area contributed by atoms with Crippen molar-refractivity contribution in [3.05, 3.63) is 9.71 Å². The average molecular weight is 215 g/mol. The third-order valence-electron chi connectivity index (χ3n) is 0.354. The highest BCUT2D eigenvalue weighted by atomic mass is 35.5. The molecule has 10 heavy (non-hydrogen) atoms. The van der Waals surface area contributed by atoms with Gasteiger partial charge in [0, 0.05) is 0 Å². The zero-order valence-corrected chi connectivity index (χ0v) is 6.44. The van der Waals surface area contributed by atoms with Crippen LogP contribution in [0.2, 0.25) is 0 Å². The molecule has 0 rings (SSSR count). The summed E-state index contributed by atoms with van der Waals surface area (Å²) >= 11 is 14.4. The van der Waals surface area contributed by atoms with E-state index in [0.717, 1.165) is 0 Å². The van der Waals surface area contributed by atoms with Crippen LogP contribution in [0.4, 0.5) is 13.2 Å². The van der Waals surface area contributed by atoms with Crippen molar-refractivity contribution >= 4 is 34.8 Å². The average Bonchev–Trinajstić information content (AvgIpc) is 1.60. The lowest BCUT2D eigenvalue weighted by Gasteiger charge is -2.05. The molecule has 0 radical (unpaired) electrons. The first-order valence-electron chi connectivity index (χ1n) is 1.79. The lowest BCUT2D eigenvalue weighted by molar-refractivity contribution is -0.301. The normalized spacial score (nSPS) is 11.0. The fourth-order valence-electron chi connectivity index (χ4n) is 0.140. The molecule has 0 aliphatic rings. The Morgan fingerprint density at radius 2 is 1.50 bits per heavy atom. The van der Waals surface area contributed by atoms with E-state index in [9.17, 15) is 13.2 Å². The van der Waals surface area contributed by atoms with Crippen LogP contribution in [0, 0.1) is 0 Å². The highest BCUT2D eigenvalue weighted by molar-refractivity contribution is 6.59. The predicted molar refractivity (Wildman–Crippen MR) is 31.7 cm³/mol. The minimum absolute atomic E-state index is 0.765. The first kappa shape index (κ1) is 10.2. The molecule has 0 spiro atoms. The molecule has 60 valence electrons. The molecule has 0 atom stereocenters. The fourth-order valence-corrected chi connectivity index (χ4v) is 0.305. The standard InChI is InChI=1S/C3Cl3F3O/c4-1(5)2(6)10-3(7,8)9. The van der Waals surface area contributed by atoms with Crippen molar-refractivity contribution in [2.45, 2.75) is 6.36 Å². The van der Waals surface area contributed by atoms with Gasteiger partial charge in [0.1, 0.15) is 0 Å². The van der Waals surface area contributed by atoms with Crippen molar-refractivity contribution in [3.8, 4) is 0 Å². The third-order valence-corrected chi connectivity index (χ3v) is 1.16. The molecule has 0 bridgehead atoms. The van der Waals surface area contributed by atoms with E-state index in [1.807, 2.05) is 0 Å². The Bertz CT molecular complexity index is 148. The molecule has 0 aliphatic carbocycles. The number of rotatable bonds is 1. The van der Waals surface area contributed by atoms with Gasteiger partial charge in [-0.15, -0.1) is 13.2 Å². The first-order valence-corrected chi connectivity index (χ1v) is 2.93. The van der Waals surface area contributed by atoms with E-state index in [2.05, 4.69) is 4.74 Å². The summed E-state index contributed by atoms with van der Waals surface area (Å²) in [5.74, 6) is 0. The van der Waals surface area contributed by atoms with E-state index in [1.54, 1.807) is 0 Å². The summed E-state index contributed by atoms with van der Waals surface area (Å²) in [6, 6.07) is 0. The zero-order chi connectivity index (χ0) is 8.36. The van der Waals surface area contributed by atoms with E-state index in [1.165, 1.54) is 0 Å². The molecule has 0 aromatic rings. The maximum Gasteiger partial charge on any atom is 0.573 e. The van der Waals surface area contributed by atoms with Gasteiger partial charge in [-0.25, -0.2) is 0 Å². The van der Waals surface area contributed by atoms with Gasteiger partial charge in [-0.05, 0) is 11.6 Å². The first-order chi connectivity index (χ1) is 4.33. The number of halogens is 6. The van der Waals surface area contributed by atoms with Crippen LogP contribution in [0.3, 0.4) is 0 Å². The molecular formula is C3Cl3F3O.